The molecule has 1 fully saturated rings. The smallest absolute Gasteiger partial charge is 0.241 e. The van der Waals surface area contributed by atoms with Gasteiger partial charge in [0.15, 0.2) is 0 Å². The van der Waals surface area contributed by atoms with Crippen LogP contribution < -0.4 is 5.32 Å². The highest BCUT2D eigenvalue weighted by molar-refractivity contribution is 5.84. The molecule has 0 aromatic rings. The summed E-state index contributed by atoms with van der Waals surface area (Å²) >= 11 is 0. The lowest BCUT2D eigenvalue weighted by atomic mass is 9.89. The number of carbonyl (C=O) groups is 1. The maximum absolute atomic E-state index is 12.3. The minimum atomic E-state index is -0.350. The molecule has 1 saturated heterocycles. The van der Waals surface area contributed by atoms with Crippen LogP contribution in [0.15, 0.2) is 0 Å². The van der Waals surface area contributed by atoms with Gasteiger partial charge in [-0.1, -0.05) is 0 Å². The lowest BCUT2D eigenvalue weighted by Gasteiger charge is -2.52. The van der Waals surface area contributed by atoms with E-state index in [0.29, 0.717) is 0 Å². The molecule has 0 spiro atoms. The van der Waals surface area contributed by atoms with Crippen molar-refractivity contribution in [2.24, 2.45) is 0 Å². The largest absolute Gasteiger partial charge is 0.330 e. The molecule has 1 N–H and O–H groups in total. The molecule has 1 rings (SSSR count). The molecule has 0 bridgehead atoms. The number of nitrogens with one attached hydrogen (secondary N) is 1. The van der Waals surface area contributed by atoms with Crippen molar-refractivity contribution in [3.8, 4) is 6.07 Å². The Morgan fingerprint density at radius 2 is 2.12 bits per heavy atom. The Balaban J connectivity index is 2.99. The summed E-state index contributed by atoms with van der Waals surface area (Å²) in [5, 5.41) is 11.8. The number of rotatable bonds is 1. The van der Waals surface area contributed by atoms with Gasteiger partial charge in [0.1, 0.15) is 6.04 Å². The second-order valence-electron chi connectivity index (χ2n) is 5.95. The highest BCUT2D eigenvalue weighted by Gasteiger charge is 2.44. The van der Waals surface area contributed by atoms with Gasteiger partial charge < -0.3 is 10.2 Å². The normalized spacial score (nSPS) is 25.4. The number of hydrogen-bond donors (Lipinski definition) is 1. The van der Waals surface area contributed by atoms with E-state index in [-0.39, 0.29) is 29.4 Å². The molecule has 4 nitrogen and oxygen atoms in total. The Morgan fingerprint density at radius 3 is 2.56 bits per heavy atom. The summed E-state index contributed by atoms with van der Waals surface area (Å²) in [5.41, 5.74) is -0.419. The van der Waals surface area contributed by atoms with Crippen molar-refractivity contribution in [2.45, 2.75) is 58.2 Å². The van der Waals surface area contributed by atoms with E-state index in [1.165, 1.54) is 0 Å². The molecule has 1 aliphatic rings. The van der Waals surface area contributed by atoms with Crippen molar-refractivity contribution < 1.29 is 4.79 Å². The summed E-state index contributed by atoms with van der Waals surface area (Å²) in [4.78, 5) is 14.2. The van der Waals surface area contributed by atoms with Gasteiger partial charge in [-0.2, -0.15) is 5.26 Å². The number of amides is 1. The Morgan fingerprint density at radius 1 is 1.56 bits per heavy atom. The molecule has 1 heterocycles. The molecule has 0 saturated carbocycles. The first-order valence-electron chi connectivity index (χ1n) is 5.64. The third-order valence-corrected chi connectivity index (χ3v) is 2.87. The number of hydrogen-bond acceptors (Lipinski definition) is 3. The third-order valence-electron chi connectivity index (χ3n) is 2.87. The predicted octanol–water partition coefficient (Wildman–Crippen LogP) is 1.28. The first kappa shape index (κ1) is 13.0. The van der Waals surface area contributed by atoms with Gasteiger partial charge >= 0.3 is 0 Å². The fourth-order valence-electron chi connectivity index (χ4n) is 2.48. The molecule has 1 aliphatic heterocycles. The summed E-state index contributed by atoms with van der Waals surface area (Å²) in [5.74, 6) is 0.0327. The van der Waals surface area contributed by atoms with Gasteiger partial charge in [0.05, 0.1) is 18.0 Å². The molecule has 16 heavy (non-hydrogen) atoms. The minimum Gasteiger partial charge on any atom is -0.330 e. The Hall–Kier alpha value is -1.08. The summed E-state index contributed by atoms with van der Waals surface area (Å²) in [6.07, 6.45) is 0.238. The maximum Gasteiger partial charge on any atom is 0.241 e. The van der Waals surface area contributed by atoms with Crippen molar-refractivity contribution in [3.05, 3.63) is 0 Å². The highest BCUT2D eigenvalue weighted by atomic mass is 16.2. The van der Waals surface area contributed by atoms with E-state index in [4.69, 9.17) is 5.26 Å². The molecular formula is C12H21N3O. The molecule has 0 aromatic heterocycles. The monoisotopic (exact) mass is 223 g/mol. The molecule has 1 atom stereocenters. The molecule has 0 radical (unpaired) electrons. The summed E-state index contributed by atoms with van der Waals surface area (Å²) in [6.45, 7) is 10.9. The quantitative estimate of drug-likeness (QED) is 0.728. The first-order chi connectivity index (χ1) is 7.20. The van der Waals surface area contributed by atoms with E-state index < -0.39 is 0 Å². The van der Waals surface area contributed by atoms with Crippen LogP contribution in [0.3, 0.4) is 0 Å². The lowest BCUT2D eigenvalue weighted by Crippen LogP contribution is -2.69. The fourth-order valence-corrected chi connectivity index (χ4v) is 2.48. The van der Waals surface area contributed by atoms with E-state index in [9.17, 15) is 4.79 Å². The van der Waals surface area contributed by atoms with Crippen molar-refractivity contribution in [2.75, 3.05) is 6.54 Å². The minimum absolute atomic E-state index is 0.0327. The molecule has 1 amide bonds. The standard InChI is InChI=1S/C12H21N3O/c1-11(2,3)15-10(16)9(6-7-13)14-8-12(15,4)5/h9,14H,6,8H2,1-5H3. The first-order valence-corrected chi connectivity index (χ1v) is 5.64. The van der Waals surface area contributed by atoms with Crippen LogP contribution in [-0.4, -0.2) is 34.5 Å². The molecular weight excluding hydrogens is 202 g/mol. The topological polar surface area (TPSA) is 56.1 Å². The van der Waals surface area contributed by atoms with Crippen LogP contribution in [0.4, 0.5) is 0 Å². The maximum atomic E-state index is 12.3. The average Bonchev–Trinajstić information content (AvgIpc) is 2.07. The van der Waals surface area contributed by atoms with Crippen molar-refractivity contribution in [1.29, 1.82) is 5.26 Å². The van der Waals surface area contributed by atoms with Gasteiger partial charge in [-0.15, -0.1) is 0 Å². The Bertz CT molecular complexity index is 322. The van der Waals surface area contributed by atoms with Gasteiger partial charge in [0.25, 0.3) is 0 Å². The van der Waals surface area contributed by atoms with E-state index in [1.807, 2.05) is 39.5 Å². The highest BCUT2D eigenvalue weighted by Crippen LogP contribution is 2.29. The van der Waals surface area contributed by atoms with Gasteiger partial charge in [-0.3, -0.25) is 4.79 Å². The van der Waals surface area contributed by atoms with Crippen LogP contribution in [0.5, 0.6) is 0 Å². The molecule has 1 unspecified atom stereocenters. The zero-order valence-electron chi connectivity index (χ0n) is 10.8. The zero-order valence-corrected chi connectivity index (χ0v) is 10.8. The SMILES string of the molecule is CC(C)(C)N1C(=O)C(CC#N)NCC1(C)C. The van der Waals surface area contributed by atoms with Crippen molar-refractivity contribution in [3.63, 3.8) is 0 Å². The third kappa shape index (κ3) is 2.35. The second-order valence-corrected chi connectivity index (χ2v) is 5.95. The average molecular weight is 223 g/mol. The van der Waals surface area contributed by atoms with Crippen molar-refractivity contribution in [1.82, 2.24) is 10.2 Å². The van der Waals surface area contributed by atoms with Gasteiger partial charge in [0.2, 0.25) is 5.91 Å². The van der Waals surface area contributed by atoms with E-state index in [0.717, 1.165) is 6.54 Å². The van der Waals surface area contributed by atoms with Crippen LogP contribution in [0.1, 0.15) is 41.0 Å². The molecule has 90 valence electrons. The predicted molar refractivity (Wildman–Crippen MR) is 62.7 cm³/mol. The van der Waals surface area contributed by atoms with Gasteiger partial charge in [-0.25, -0.2) is 0 Å². The number of nitriles is 1. The molecule has 0 aromatic carbocycles. The number of carbonyl (C=O) groups excluding carboxylic acids is 1. The van der Waals surface area contributed by atoms with Crippen LogP contribution in [0.2, 0.25) is 0 Å². The Labute approximate surface area is 97.6 Å². The van der Waals surface area contributed by atoms with Crippen LogP contribution >= 0.6 is 0 Å². The zero-order chi connectivity index (χ0) is 12.6. The Kier molecular flexibility index (Phi) is 3.30. The van der Waals surface area contributed by atoms with Crippen LogP contribution in [0.25, 0.3) is 0 Å². The van der Waals surface area contributed by atoms with Crippen LogP contribution in [0, 0.1) is 11.3 Å². The van der Waals surface area contributed by atoms with Crippen LogP contribution in [-0.2, 0) is 4.79 Å². The summed E-state index contributed by atoms with van der Waals surface area (Å²) in [6, 6.07) is 1.71. The van der Waals surface area contributed by atoms with Gasteiger partial charge in [0, 0.05) is 12.1 Å². The van der Waals surface area contributed by atoms with E-state index in [1.54, 1.807) is 0 Å². The van der Waals surface area contributed by atoms with E-state index >= 15 is 0 Å². The van der Waals surface area contributed by atoms with E-state index in [2.05, 4.69) is 11.4 Å². The molecule has 0 aliphatic carbocycles. The second kappa shape index (κ2) is 4.06. The lowest BCUT2D eigenvalue weighted by molar-refractivity contribution is -0.150. The van der Waals surface area contributed by atoms with Gasteiger partial charge in [-0.05, 0) is 34.6 Å². The summed E-state index contributed by atoms with van der Waals surface area (Å²) in [7, 11) is 0. The fraction of sp³-hybridized carbons (Fsp3) is 0.833. The molecule has 4 heteroatoms. The summed E-state index contributed by atoms with van der Waals surface area (Å²) < 4.78 is 0. The number of nitrogens with zero attached hydrogens (tertiary/aromatic N) is 2. The number of piperazine rings is 1. The van der Waals surface area contributed by atoms with Crippen molar-refractivity contribution >= 4 is 5.91 Å².